The predicted octanol–water partition coefficient (Wildman–Crippen LogP) is 2.81. The molecule has 0 unspecified atom stereocenters. The van der Waals surface area contributed by atoms with Crippen LogP contribution < -0.4 is 0 Å². The van der Waals surface area contributed by atoms with Gasteiger partial charge in [-0.2, -0.15) is 5.10 Å². The van der Waals surface area contributed by atoms with Gasteiger partial charge in [0.25, 0.3) is 0 Å². The molecule has 1 fully saturated rings. The van der Waals surface area contributed by atoms with E-state index in [0.717, 1.165) is 37.9 Å². The second-order valence-corrected chi connectivity index (χ2v) is 6.11. The number of aromatic nitrogens is 2. The Labute approximate surface area is 110 Å². The molecule has 18 heavy (non-hydrogen) atoms. The Balaban J connectivity index is 2.04. The molecular weight excluding hydrogens is 224 g/mol. The van der Waals surface area contributed by atoms with E-state index in [1.54, 1.807) is 0 Å². The van der Waals surface area contributed by atoms with Gasteiger partial charge in [0.05, 0.1) is 11.3 Å². The molecule has 1 heterocycles. The number of aryl methyl sites for hydroxylation is 2. The number of hydrogen-bond donors (Lipinski definition) is 1. The van der Waals surface area contributed by atoms with Crippen LogP contribution in [0.2, 0.25) is 0 Å². The van der Waals surface area contributed by atoms with Crippen molar-refractivity contribution in [3.63, 3.8) is 0 Å². The maximum absolute atomic E-state index is 10.5. The molecular formula is C15H26N2O. The molecule has 3 nitrogen and oxygen atoms in total. The quantitative estimate of drug-likeness (QED) is 0.872. The summed E-state index contributed by atoms with van der Waals surface area (Å²) in [5.41, 5.74) is 1.85. The first-order valence-corrected chi connectivity index (χ1v) is 7.25. The van der Waals surface area contributed by atoms with Gasteiger partial charge in [0.1, 0.15) is 0 Å². The fourth-order valence-corrected chi connectivity index (χ4v) is 2.97. The second kappa shape index (κ2) is 5.04. The summed E-state index contributed by atoms with van der Waals surface area (Å²) in [5.74, 6) is 1.38. The molecule has 1 aromatic heterocycles. The number of rotatable bonds is 5. The van der Waals surface area contributed by atoms with Crippen molar-refractivity contribution in [2.45, 2.75) is 65.5 Å². The van der Waals surface area contributed by atoms with Crippen LogP contribution in [0, 0.1) is 11.8 Å². The van der Waals surface area contributed by atoms with Crippen molar-refractivity contribution in [2.24, 2.45) is 11.8 Å². The van der Waals surface area contributed by atoms with Gasteiger partial charge in [-0.1, -0.05) is 20.8 Å². The van der Waals surface area contributed by atoms with Crippen LogP contribution in [0.1, 0.15) is 51.9 Å². The van der Waals surface area contributed by atoms with Gasteiger partial charge >= 0.3 is 0 Å². The maximum atomic E-state index is 10.5. The summed E-state index contributed by atoms with van der Waals surface area (Å²) in [6, 6.07) is 2.16. The van der Waals surface area contributed by atoms with Gasteiger partial charge in [-0.15, -0.1) is 0 Å². The Bertz CT molecular complexity index is 403. The Hall–Kier alpha value is -0.830. The summed E-state index contributed by atoms with van der Waals surface area (Å²) in [7, 11) is 0. The lowest BCUT2D eigenvalue weighted by Crippen LogP contribution is -2.47. The Morgan fingerprint density at radius 2 is 2.11 bits per heavy atom. The Morgan fingerprint density at radius 3 is 2.61 bits per heavy atom. The van der Waals surface area contributed by atoms with Crippen molar-refractivity contribution in [1.29, 1.82) is 0 Å². The molecule has 0 spiro atoms. The van der Waals surface area contributed by atoms with Crippen molar-refractivity contribution < 1.29 is 5.11 Å². The summed E-state index contributed by atoms with van der Waals surface area (Å²) in [5, 5.41) is 15.1. The first kappa shape index (κ1) is 13.6. The fraction of sp³-hybridized carbons (Fsp3) is 0.800. The molecule has 102 valence electrons. The highest BCUT2D eigenvalue weighted by molar-refractivity contribution is 5.15. The van der Waals surface area contributed by atoms with Crippen LogP contribution in [0.25, 0.3) is 0 Å². The zero-order valence-electron chi connectivity index (χ0n) is 12.1. The zero-order chi connectivity index (χ0) is 13.3. The summed E-state index contributed by atoms with van der Waals surface area (Å²) >= 11 is 0. The molecule has 0 atom stereocenters. The molecule has 0 saturated heterocycles. The molecule has 1 saturated carbocycles. The minimum atomic E-state index is -0.479. The number of aliphatic hydroxyl groups is 1. The smallest absolute Gasteiger partial charge is 0.0708 e. The third kappa shape index (κ3) is 2.61. The lowest BCUT2D eigenvalue weighted by Gasteiger charge is -2.45. The van der Waals surface area contributed by atoms with E-state index in [0.29, 0.717) is 11.8 Å². The Kier molecular flexibility index (Phi) is 3.81. The molecule has 1 aromatic rings. The molecule has 2 rings (SSSR count). The summed E-state index contributed by atoms with van der Waals surface area (Å²) in [6.07, 6.45) is 3.62. The van der Waals surface area contributed by atoms with E-state index in [1.165, 1.54) is 5.69 Å². The summed E-state index contributed by atoms with van der Waals surface area (Å²) < 4.78 is 2.04. The van der Waals surface area contributed by atoms with Crippen molar-refractivity contribution in [3.05, 3.63) is 17.5 Å². The molecule has 3 heteroatoms. The van der Waals surface area contributed by atoms with Crippen LogP contribution >= 0.6 is 0 Å². The van der Waals surface area contributed by atoms with Gasteiger partial charge in [0, 0.05) is 18.7 Å². The van der Waals surface area contributed by atoms with Crippen LogP contribution in [-0.4, -0.2) is 20.5 Å². The van der Waals surface area contributed by atoms with E-state index in [4.69, 9.17) is 0 Å². The molecule has 0 bridgehead atoms. The van der Waals surface area contributed by atoms with E-state index in [2.05, 4.69) is 38.9 Å². The number of nitrogens with zero attached hydrogens (tertiary/aromatic N) is 2. The molecule has 0 aliphatic heterocycles. The van der Waals surface area contributed by atoms with Gasteiger partial charge in [0.15, 0.2) is 0 Å². The van der Waals surface area contributed by atoms with Gasteiger partial charge in [-0.05, 0) is 44.1 Å². The molecule has 1 N–H and O–H groups in total. The molecule has 0 aromatic carbocycles. The van der Waals surface area contributed by atoms with Gasteiger partial charge in [0.2, 0.25) is 0 Å². The highest BCUT2D eigenvalue weighted by Crippen LogP contribution is 2.44. The highest BCUT2D eigenvalue weighted by atomic mass is 16.3. The maximum Gasteiger partial charge on any atom is 0.0708 e. The van der Waals surface area contributed by atoms with Crippen LogP contribution in [-0.2, 0) is 19.4 Å². The van der Waals surface area contributed by atoms with Crippen molar-refractivity contribution >= 4 is 0 Å². The standard InChI is InChI=1S/C15H26N2O/c1-5-13-7-14(17(6-2)16-13)10-15(18)8-12(9-15)11(3)4/h7,11-12,18H,5-6,8-10H2,1-4H3. The first-order valence-electron chi connectivity index (χ1n) is 7.25. The third-order valence-electron chi connectivity index (χ3n) is 4.31. The SMILES string of the molecule is CCc1cc(CC2(O)CC(C(C)C)C2)n(CC)n1. The van der Waals surface area contributed by atoms with Crippen molar-refractivity contribution in [3.8, 4) is 0 Å². The van der Waals surface area contributed by atoms with E-state index in [9.17, 15) is 5.11 Å². The lowest BCUT2D eigenvalue weighted by atomic mass is 9.64. The largest absolute Gasteiger partial charge is 0.389 e. The van der Waals surface area contributed by atoms with E-state index >= 15 is 0 Å². The lowest BCUT2D eigenvalue weighted by molar-refractivity contribution is -0.0871. The monoisotopic (exact) mass is 250 g/mol. The predicted molar refractivity (Wildman–Crippen MR) is 73.5 cm³/mol. The number of hydrogen-bond acceptors (Lipinski definition) is 2. The van der Waals surface area contributed by atoms with Crippen LogP contribution in [0.4, 0.5) is 0 Å². The fourth-order valence-electron chi connectivity index (χ4n) is 2.97. The van der Waals surface area contributed by atoms with E-state index in [1.807, 2.05) is 4.68 Å². The topological polar surface area (TPSA) is 38.0 Å². The molecule has 1 aliphatic rings. The average Bonchev–Trinajstić information content (AvgIpc) is 2.67. The summed E-state index contributed by atoms with van der Waals surface area (Å²) in [4.78, 5) is 0. The minimum absolute atomic E-state index is 0.479. The van der Waals surface area contributed by atoms with Gasteiger partial charge in [-0.3, -0.25) is 4.68 Å². The molecule has 0 radical (unpaired) electrons. The van der Waals surface area contributed by atoms with E-state index < -0.39 is 5.60 Å². The minimum Gasteiger partial charge on any atom is -0.389 e. The van der Waals surface area contributed by atoms with Crippen LogP contribution in [0.5, 0.6) is 0 Å². The van der Waals surface area contributed by atoms with Crippen molar-refractivity contribution in [2.75, 3.05) is 0 Å². The van der Waals surface area contributed by atoms with Crippen LogP contribution in [0.15, 0.2) is 6.07 Å². The molecule has 0 amide bonds. The van der Waals surface area contributed by atoms with E-state index in [-0.39, 0.29) is 0 Å². The zero-order valence-corrected chi connectivity index (χ0v) is 12.1. The van der Waals surface area contributed by atoms with Gasteiger partial charge in [-0.25, -0.2) is 0 Å². The van der Waals surface area contributed by atoms with Crippen LogP contribution in [0.3, 0.4) is 0 Å². The summed E-state index contributed by atoms with van der Waals surface area (Å²) in [6.45, 7) is 9.61. The third-order valence-corrected chi connectivity index (χ3v) is 4.31. The molecule has 1 aliphatic carbocycles. The average molecular weight is 250 g/mol. The second-order valence-electron chi connectivity index (χ2n) is 6.11. The highest BCUT2D eigenvalue weighted by Gasteiger charge is 2.44. The first-order chi connectivity index (χ1) is 8.47. The Morgan fingerprint density at radius 1 is 1.44 bits per heavy atom. The normalized spacial score (nSPS) is 27.6. The van der Waals surface area contributed by atoms with Gasteiger partial charge < -0.3 is 5.11 Å². The van der Waals surface area contributed by atoms with Crippen molar-refractivity contribution in [1.82, 2.24) is 9.78 Å².